The predicted octanol–water partition coefficient (Wildman–Crippen LogP) is 3.16. The van der Waals surface area contributed by atoms with Gasteiger partial charge in [0.15, 0.2) is 0 Å². The van der Waals surface area contributed by atoms with Crippen LogP contribution in [0.25, 0.3) is 0 Å². The third kappa shape index (κ3) is 2.69. The van der Waals surface area contributed by atoms with Gasteiger partial charge in [-0.1, -0.05) is 19.9 Å². The van der Waals surface area contributed by atoms with Gasteiger partial charge in [0.1, 0.15) is 5.82 Å². The van der Waals surface area contributed by atoms with Crippen LogP contribution in [0.5, 0.6) is 0 Å². The molecule has 4 nitrogen and oxygen atoms in total. The smallest absolute Gasteiger partial charge is 0.311 e. The molecule has 2 rings (SSSR count). The van der Waals surface area contributed by atoms with E-state index < -0.39 is 23.1 Å². The van der Waals surface area contributed by atoms with Gasteiger partial charge in [-0.15, -0.1) is 0 Å². The van der Waals surface area contributed by atoms with Crippen molar-refractivity contribution in [2.45, 2.75) is 20.3 Å². The minimum absolute atomic E-state index is 0.0330. The lowest BCUT2D eigenvalue weighted by molar-refractivity contribution is -0.150. The molecule has 1 N–H and O–H groups in total. The van der Waals surface area contributed by atoms with Crippen molar-refractivity contribution in [3.05, 3.63) is 34.1 Å². The SMILES string of the molecule is CC(C)C1(C(=O)O)CCN(C(=O)c2cccc(Br)c2F)C1. The van der Waals surface area contributed by atoms with Crippen LogP contribution in [0.4, 0.5) is 4.39 Å². The Bertz CT molecular complexity index is 590. The van der Waals surface area contributed by atoms with Crippen LogP contribution in [0.2, 0.25) is 0 Å². The molecule has 1 atom stereocenters. The molecular formula is C15H17BrFNO3. The van der Waals surface area contributed by atoms with Crippen LogP contribution >= 0.6 is 15.9 Å². The number of benzene rings is 1. The molecule has 0 saturated carbocycles. The minimum Gasteiger partial charge on any atom is -0.481 e. The van der Waals surface area contributed by atoms with Gasteiger partial charge in [0.05, 0.1) is 15.5 Å². The zero-order valence-corrected chi connectivity index (χ0v) is 13.5. The van der Waals surface area contributed by atoms with Crippen molar-refractivity contribution in [2.24, 2.45) is 11.3 Å². The topological polar surface area (TPSA) is 57.6 Å². The summed E-state index contributed by atoms with van der Waals surface area (Å²) in [6.07, 6.45) is 0.390. The fraction of sp³-hybridized carbons (Fsp3) is 0.467. The van der Waals surface area contributed by atoms with Gasteiger partial charge in [-0.2, -0.15) is 0 Å². The number of halogens is 2. The van der Waals surface area contributed by atoms with E-state index in [1.165, 1.54) is 17.0 Å². The summed E-state index contributed by atoms with van der Waals surface area (Å²) in [5, 5.41) is 9.48. The highest BCUT2D eigenvalue weighted by Crippen LogP contribution is 2.38. The highest BCUT2D eigenvalue weighted by Gasteiger charge is 2.48. The molecule has 0 aromatic heterocycles. The number of likely N-dealkylation sites (tertiary alicyclic amines) is 1. The van der Waals surface area contributed by atoms with E-state index in [1.807, 2.05) is 13.8 Å². The molecule has 0 aliphatic carbocycles. The maximum atomic E-state index is 14.0. The maximum Gasteiger partial charge on any atom is 0.311 e. The fourth-order valence-electron chi connectivity index (χ4n) is 2.74. The van der Waals surface area contributed by atoms with Crippen molar-refractivity contribution in [3.8, 4) is 0 Å². The summed E-state index contributed by atoms with van der Waals surface area (Å²) in [7, 11) is 0. The number of amides is 1. The van der Waals surface area contributed by atoms with Crippen LogP contribution in [0.15, 0.2) is 22.7 Å². The lowest BCUT2D eigenvalue weighted by Crippen LogP contribution is -2.40. The molecular weight excluding hydrogens is 341 g/mol. The average Bonchev–Trinajstić information content (AvgIpc) is 2.87. The molecule has 1 fully saturated rings. The summed E-state index contributed by atoms with van der Waals surface area (Å²) < 4.78 is 14.2. The van der Waals surface area contributed by atoms with Crippen molar-refractivity contribution < 1.29 is 19.1 Å². The van der Waals surface area contributed by atoms with Crippen molar-refractivity contribution in [3.63, 3.8) is 0 Å². The van der Waals surface area contributed by atoms with E-state index in [0.717, 1.165) is 0 Å². The number of nitrogens with zero attached hydrogens (tertiary/aromatic N) is 1. The Morgan fingerprint density at radius 2 is 2.10 bits per heavy atom. The Balaban J connectivity index is 2.27. The number of hydrogen-bond acceptors (Lipinski definition) is 2. The fourth-order valence-corrected chi connectivity index (χ4v) is 3.10. The first kappa shape index (κ1) is 15.9. The normalized spacial score (nSPS) is 21.9. The third-order valence-corrected chi connectivity index (χ3v) is 4.91. The van der Waals surface area contributed by atoms with E-state index in [1.54, 1.807) is 6.07 Å². The molecule has 1 saturated heterocycles. The summed E-state index contributed by atoms with van der Waals surface area (Å²) in [5.41, 5.74) is -0.979. The first-order valence-electron chi connectivity index (χ1n) is 6.76. The van der Waals surface area contributed by atoms with Gasteiger partial charge in [-0.25, -0.2) is 4.39 Å². The molecule has 6 heteroatoms. The molecule has 1 aromatic carbocycles. The summed E-state index contributed by atoms with van der Waals surface area (Å²) in [5.74, 6) is -2.07. The number of rotatable bonds is 3. The monoisotopic (exact) mass is 357 g/mol. The highest BCUT2D eigenvalue weighted by atomic mass is 79.9. The minimum atomic E-state index is -0.946. The van der Waals surface area contributed by atoms with Crippen molar-refractivity contribution in [2.75, 3.05) is 13.1 Å². The molecule has 21 heavy (non-hydrogen) atoms. The second-order valence-corrected chi connectivity index (χ2v) is 6.55. The van der Waals surface area contributed by atoms with Crippen LogP contribution < -0.4 is 0 Å². The Labute approximate surface area is 131 Å². The van der Waals surface area contributed by atoms with Crippen LogP contribution in [0.3, 0.4) is 0 Å². The molecule has 1 amide bonds. The Morgan fingerprint density at radius 3 is 2.62 bits per heavy atom. The molecule has 114 valence electrons. The first-order valence-corrected chi connectivity index (χ1v) is 7.55. The molecule has 0 radical (unpaired) electrons. The second-order valence-electron chi connectivity index (χ2n) is 5.69. The van der Waals surface area contributed by atoms with E-state index in [0.29, 0.717) is 13.0 Å². The van der Waals surface area contributed by atoms with Gasteiger partial charge >= 0.3 is 5.97 Å². The molecule has 1 aromatic rings. The van der Waals surface area contributed by atoms with Crippen LogP contribution in [-0.2, 0) is 4.79 Å². The molecule has 0 bridgehead atoms. The number of carbonyl (C=O) groups excluding carboxylic acids is 1. The summed E-state index contributed by atoms with van der Waals surface area (Å²) in [6, 6.07) is 4.52. The van der Waals surface area contributed by atoms with Crippen LogP contribution in [0, 0.1) is 17.2 Å². The van der Waals surface area contributed by atoms with Gasteiger partial charge in [-0.3, -0.25) is 9.59 Å². The standard InChI is InChI=1S/C15H17BrFNO3/c1-9(2)15(14(20)21)6-7-18(8-15)13(19)10-4-3-5-11(16)12(10)17/h3-5,9H,6-8H2,1-2H3,(H,20,21). The van der Waals surface area contributed by atoms with E-state index in [4.69, 9.17) is 0 Å². The molecule has 0 spiro atoms. The average molecular weight is 358 g/mol. The van der Waals surface area contributed by atoms with E-state index >= 15 is 0 Å². The molecule has 1 aliphatic rings. The third-order valence-electron chi connectivity index (χ3n) is 4.30. The molecule has 1 heterocycles. The van der Waals surface area contributed by atoms with Crippen molar-refractivity contribution in [1.82, 2.24) is 4.90 Å². The zero-order valence-electron chi connectivity index (χ0n) is 11.9. The van der Waals surface area contributed by atoms with Gasteiger partial charge in [0, 0.05) is 13.1 Å². The van der Waals surface area contributed by atoms with Crippen LogP contribution in [0.1, 0.15) is 30.6 Å². The highest BCUT2D eigenvalue weighted by molar-refractivity contribution is 9.10. The van der Waals surface area contributed by atoms with Crippen molar-refractivity contribution in [1.29, 1.82) is 0 Å². The van der Waals surface area contributed by atoms with Gasteiger partial charge < -0.3 is 10.0 Å². The largest absolute Gasteiger partial charge is 0.481 e. The number of carboxylic acids is 1. The number of carbonyl (C=O) groups is 2. The number of aliphatic carboxylic acids is 1. The lowest BCUT2D eigenvalue weighted by atomic mass is 9.76. The van der Waals surface area contributed by atoms with E-state index in [-0.39, 0.29) is 22.5 Å². The van der Waals surface area contributed by atoms with E-state index in [9.17, 15) is 19.1 Å². The number of hydrogen-bond donors (Lipinski definition) is 1. The molecule has 1 aliphatic heterocycles. The Hall–Kier alpha value is -1.43. The quantitative estimate of drug-likeness (QED) is 0.903. The van der Waals surface area contributed by atoms with Gasteiger partial charge in [0.2, 0.25) is 0 Å². The number of carboxylic acid groups (broad SMARTS) is 1. The Kier molecular flexibility index (Phi) is 4.37. The summed E-state index contributed by atoms with van der Waals surface area (Å²) in [6.45, 7) is 4.11. The van der Waals surface area contributed by atoms with Crippen molar-refractivity contribution >= 4 is 27.8 Å². The lowest BCUT2D eigenvalue weighted by Gasteiger charge is -2.28. The molecule has 1 unspecified atom stereocenters. The Morgan fingerprint density at radius 1 is 1.43 bits per heavy atom. The summed E-state index contributed by atoms with van der Waals surface area (Å²) in [4.78, 5) is 25.4. The summed E-state index contributed by atoms with van der Waals surface area (Å²) >= 11 is 3.05. The van der Waals surface area contributed by atoms with Gasteiger partial charge in [0.25, 0.3) is 5.91 Å². The second kappa shape index (κ2) is 5.75. The zero-order chi connectivity index (χ0) is 15.8. The first-order chi connectivity index (χ1) is 9.79. The maximum absolute atomic E-state index is 14.0. The van der Waals surface area contributed by atoms with Crippen LogP contribution in [-0.4, -0.2) is 35.0 Å². The predicted molar refractivity (Wildman–Crippen MR) is 79.5 cm³/mol. The van der Waals surface area contributed by atoms with E-state index in [2.05, 4.69) is 15.9 Å². The van der Waals surface area contributed by atoms with Gasteiger partial charge in [-0.05, 0) is 40.4 Å².